The molecule has 32 heavy (non-hydrogen) atoms. The molecule has 0 aromatic heterocycles. The zero-order valence-corrected chi connectivity index (χ0v) is 19.8. The summed E-state index contributed by atoms with van der Waals surface area (Å²) in [5.41, 5.74) is 3.38. The number of rotatable bonds is 9. The number of sulfonamides is 1. The molecule has 0 heterocycles. The highest BCUT2D eigenvalue weighted by molar-refractivity contribution is 7.92. The van der Waals surface area contributed by atoms with Gasteiger partial charge in [0.15, 0.2) is 0 Å². The van der Waals surface area contributed by atoms with Crippen LogP contribution in [0, 0.1) is 6.92 Å². The summed E-state index contributed by atoms with van der Waals surface area (Å²) in [5, 5.41) is 3.49. The van der Waals surface area contributed by atoms with Gasteiger partial charge in [0.05, 0.1) is 10.6 Å². The van der Waals surface area contributed by atoms with Crippen molar-refractivity contribution >= 4 is 33.2 Å². The van der Waals surface area contributed by atoms with Crippen LogP contribution >= 0.6 is 11.6 Å². The van der Waals surface area contributed by atoms with Gasteiger partial charge in [0.1, 0.15) is 6.54 Å². The second-order valence-corrected chi connectivity index (χ2v) is 9.83. The summed E-state index contributed by atoms with van der Waals surface area (Å²) in [4.78, 5) is 12.9. The number of nitrogens with zero attached hydrogens (tertiary/aromatic N) is 1. The number of anilines is 1. The largest absolute Gasteiger partial charge is 0.354 e. The standard InChI is InChI=1S/C25H27ClN2O3S/c1-3-21-6-4-5-7-24(21)28(32(30,31)23-14-8-19(2)9-15-23)18-25(29)27-17-16-20-10-12-22(26)13-11-20/h4-15H,3,16-18H2,1-2H3,(H,27,29). The second-order valence-electron chi connectivity index (χ2n) is 7.53. The highest BCUT2D eigenvalue weighted by Gasteiger charge is 2.28. The van der Waals surface area contributed by atoms with E-state index < -0.39 is 10.0 Å². The number of carbonyl (C=O) groups excluding carboxylic acids is 1. The van der Waals surface area contributed by atoms with E-state index in [1.165, 1.54) is 4.31 Å². The fourth-order valence-electron chi connectivity index (χ4n) is 3.37. The number of nitrogens with one attached hydrogen (secondary N) is 1. The van der Waals surface area contributed by atoms with Crippen molar-refractivity contribution in [2.75, 3.05) is 17.4 Å². The van der Waals surface area contributed by atoms with Crippen molar-refractivity contribution in [2.24, 2.45) is 0 Å². The second kappa shape index (κ2) is 10.7. The van der Waals surface area contributed by atoms with Gasteiger partial charge in [0.25, 0.3) is 10.0 Å². The molecule has 1 N–H and O–H groups in total. The topological polar surface area (TPSA) is 66.5 Å². The predicted octanol–water partition coefficient (Wildman–Crippen LogP) is 4.77. The summed E-state index contributed by atoms with van der Waals surface area (Å²) in [6.45, 7) is 3.96. The zero-order valence-electron chi connectivity index (χ0n) is 18.2. The number of aryl methyl sites for hydroxylation is 2. The first-order valence-corrected chi connectivity index (χ1v) is 12.3. The number of halogens is 1. The molecule has 0 bridgehead atoms. The Morgan fingerprint density at radius 3 is 2.28 bits per heavy atom. The summed E-state index contributed by atoms with van der Waals surface area (Å²) in [5.74, 6) is -0.361. The first-order valence-electron chi connectivity index (χ1n) is 10.5. The number of benzene rings is 3. The Balaban J connectivity index is 1.81. The Morgan fingerprint density at radius 1 is 0.969 bits per heavy atom. The molecular weight excluding hydrogens is 444 g/mol. The van der Waals surface area contributed by atoms with Crippen LogP contribution in [0.25, 0.3) is 0 Å². The van der Waals surface area contributed by atoms with Gasteiger partial charge in [-0.2, -0.15) is 0 Å². The highest BCUT2D eigenvalue weighted by Crippen LogP contribution is 2.27. The van der Waals surface area contributed by atoms with E-state index in [1.54, 1.807) is 48.5 Å². The Kier molecular flexibility index (Phi) is 7.94. The Morgan fingerprint density at radius 2 is 1.62 bits per heavy atom. The number of para-hydroxylation sites is 1. The van der Waals surface area contributed by atoms with Crippen molar-refractivity contribution < 1.29 is 13.2 Å². The Labute approximate surface area is 195 Å². The van der Waals surface area contributed by atoms with Crippen LogP contribution < -0.4 is 9.62 Å². The van der Waals surface area contributed by atoms with Crippen LogP contribution in [0.2, 0.25) is 5.02 Å². The van der Waals surface area contributed by atoms with E-state index in [-0.39, 0.29) is 17.3 Å². The maximum atomic E-state index is 13.5. The lowest BCUT2D eigenvalue weighted by Gasteiger charge is -2.26. The Hall–Kier alpha value is -2.83. The maximum Gasteiger partial charge on any atom is 0.264 e. The average Bonchev–Trinajstić information content (AvgIpc) is 2.79. The highest BCUT2D eigenvalue weighted by atomic mass is 35.5. The smallest absolute Gasteiger partial charge is 0.264 e. The summed E-state index contributed by atoms with van der Waals surface area (Å²) < 4.78 is 28.2. The molecule has 7 heteroatoms. The third-order valence-corrected chi connectivity index (χ3v) is 7.21. The van der Waals surface area contributed by atoms with Gasteiger partial charge in [-0.05, 0) is 61.2 Å². The van der Waals surface area contributed by atoms with Crippen molar-refractivity contribution in [2.45, 2.75) is 31.6 Å². The van der Waals surface area contributed by atoms with E-state index >= 15 is 0 Å². The lowest BCUT2D eigenvalue weighted by Crippen LogP contribution is -2.41. The molecule has 0 spiro atoms. The molecule has 0 aliphatic heterocycles. The summed E-state index contributed by atoms with van der Waals surface area (Å²) >= 11 is 5.91. The molecule has 0 atom stereocenters. The van der Waals surface area contributed by atoms with Crippen LogP contribution in [0.15, 0.2) is 77.7 Å². The lowest BCUT2D eigenvalue weighted by molar-refractivity contribution is -0.119. The van der Waals surface area contributed by atoms with E-state index in [0.29, 0.717) is 30.1 Å². The molecule has 3 rings (SSSR count). The summed E-state index contributed by atoms with van der Waals surface area (Å²) in [6.07, 6.45) is 1.27. The van der Waals surface area contributed by atoms with Gasteiger partial charge in [-0.3, -0.25) is 9.10 Å². The van der Waals surface area contributed by atoms with Crippen LogP contribution in [0.4, 0.5) is 5.69 Å². The molecule has 0 aliphatic rings. The summed E-state index contributed by atoms with van der Waals surface area (Å²) in [7, 11) is -3.92. The molecule has 168 valence electrons. The molecule has 3 aromatic rings. The van der Waals surface area contributed by atoms with Crippen molar-refractivity contribution in [3.63, 3.8) is 0 Å². The molecule has 5 nitrogen and oxygen atoms in total. The van der Waals surface area contributed by atoms with E-state index in [0.717, 1.165) is 16.7 Å². The minimum absolute atomic E-state index is 0.156. The molecule has 0 unspecified atom stereocenters. The summed E-state index contributed by atoms with van der Waals surface area (Å²) in [6, 6.07) is 21.3. The van der Waals surface area contributed by atoms with E-state index in [9.17, 15) is 13.2 Å². The fourth-order valence-corrected chi connectivity index (χ4v) is 4.96. The monoisotopic (exact) mass is 470 g/mol. The van der Waals surface area contributed by atoms with Crippen molar-refractivity contribution in [1.82, 2.24) is 5.32 Å². The van der Waals surface area contributed by atoms with Gasteiger partial charge in [0.2, 0.25) is 5.91 Å². The average molecular weight is 471 g/mol. The van der Waals surface area contributed by atoms with E-state index in [4.69, 9.17) is 11.6 Å². The molecule has 0 saturated carbocycles. The van der Waals surface area contributed by atoms with Gasteiger partial charge < -0.3 is 5.32 Å². The molecule has 3 aromatic carbocycles. The van der Waals surface area contributed by atoms with Crippen molar-refractivity contribution in [1.29, 1.82) is 0 Å². The normalized spacial score (nSPS) is 11.2. The molecule has 1 amide bonds. The first-order chi connectivity index (χ1) is 15.3. The minimum atomic E-state index is -3.92. The van der Waals surface area contributed by atoms with Crippen LogP contribution in [0.5, 0.6) is 0 Å². The molecule has 0 saturated heterocycles. The maximum absolute atomic E-state index is 13.5. The van der Waals surface area contributed by atoms with Gasteiger partial charge in [-0.15, -0.1) is 0 Å². The molecule has 0 fully saturated rings. The molecule has 0 radical (unpaired) electrons. The fraction of sp³-hybridized carbons (Fsp3) is 0.240. The van der Waals surface area contributed by atoms with Crippen molar-refractivity contribution in [3.05, 3.63) is 94.5 Å². The SMILES string of the molecule is CCc1ccccc1N(CC(=O)NCCc1ccc(Cl)cc1)S(=O)(=O)c1ccc(C)cc1. The minimum Gasteiger partial charge on any atom is -0.354 e. The lowest BCUT2D eigenvalue weighted by atomic mass is 10.1. The van der Waals surface area contributed by atoms with Crippen molar-refractivity contribution in [3.8, 4) is 0 Å². The number of hydrogen-bond donors (Lipinski definition) is 1. The van der Waals surface area contributed by atoms with Gasteiger partial charge >= 0.3 is 0 Å². The molecular formula is C25H27ClN2O3S. The first kappa shape index (κ1) is 23.8. The number of carbonyl (C=O) groups is 1. The molecule has 0 aliphatic carbocycles. The zero-order chi connectivity index (χ0) is 23.1. The van der Waals surface area contributed by atoms with Crippen LogP contribution in [0.1, 0.15) is 23.6 Å². The van der Waals surface area contributed by atoms with Crippen LogP contribution in [-0.2, 0) is 27.7 Å². The van der Waals surface area contributed by atoms with Gasteiger partial charge in [0, 0.05) is 11.6 Å². The van der Waals surface area contributed by atoms with Crippen LogP contribution in [-0.4, -0.2) is 27.4 Å². The van der Waals surface area contributed by atoms with Gasteiger partial charge in [-0.1, -0.05) is 66.6 Å². The quantitative estimate of drug-likeness (QED) is 0.490. The Bertz CT molecular complexity index is 1160. The number of amides is 1. The van der Waals surface area contributed by atoms with Crippen LogP contribution in [0.3, 0.4) is 0 Å². The number of hydrogen-bond acceptors (Lipinski definition) is 3. The van der Waals surface area contributed by atoms with E-state index in [1.807, 2.05) is 38.1 Å². The third-order valence-electron chi connectivity index (χ3n) is 5.19. The predicted molar refractivity (Wildman–Crippen MR) is 130 cm³/mol. The van der Waals surface area contributed by atoms with Gasteiger partial charge in [-0.25, -0.2) is 8.42 Å². The van der Waals surface area contributed by atoms with E-state index in [2.05, 4.69) is 5.32 Å². The third kappa shape index (κ3) is 5.90.